The molecule has 1 aliphatic carbocycles. The van der Waals surface area contributed by atoms with Crippen LogP contribution < -0.4 is 4.90 Å². The van der Waals surface area contributed by atoms with Crippen LogP contribution in [-0.4, -0.2) is 66.1 Å². The van der Waals surface area contributed by atoms with Gasteiger partial charge in [0.2, 0.25) is 5.91 Å². The van der Waals surface area contributed by atoms with Gasteiger partial charge in [-0.15, -0.1) is 0 Å². The van der Waals surface area contributed by atoms with Crippen LogP contribution in [0.4, 0.5) is 5.69 Å². The zero-order chi connectivity index (χ0) is 18.8. The molecule has 3 aliphatic rings. The van der Waals surface area contributed by atoms with E-state index in [-0.39, 0.29) is 5.91 Å². The molecule has 0 aromatic heterocycles. The first-order valence-electron chi connectivity index (χ1n) is 10.7. The molecule has 1 saturated carbocycles. The van der Waals surface area contributed by atoms with Gasteiger partial charge in [0, 0.05) is 57.9 Å². The number of β-amino-alcohol motifs (C(OH)–C–C–N with tert-alkyl or cyclic N) is 1. The van der Waals surface area contributed by atoms with Crippen molar-refractivity contribution in [2.75, 3.05) is 44.2 Å². The van der Waals surface area contributed by atoms with Gasteiger partial charge in [-0.1, -0.05) is 31.4 Å². The minimum Gasteiger partial charge on any atom is -0.387 e. The monoisotopic (exact) mass is 371 g/mol. The molecule has 0 radical (unpaired) electrons. The van der Waals surface area contributed by atoms with Crippen LogP contribution in [0.1, 0.15) is 56.3 Å². The molecule has 0 spiro atoms. The van der Waals surface area contributed by atoms with Crippen LogP contribution >= 0.6 is 0 Å². The van der Waals surface area contributed by atoms with E-state index >= 15 is 0 Å². The average molecular weight is 372 g/mol. The van der Waals surface area contributed by atoms with Crippen molar-refractivity contribution in [3.05, 3.63) is 29.3 Å². The molecule has 4 rings (SSSR count). The molecule has 5 nitrogen and oxygen atoms in total. The summed E-state index contributed by atoms with van der Waals surface area (Å²) in [5.41, 5.74) is 3.18. The third-order valence-corrected chi connectivity index (χ3v) is 6.69. The highest BCUT2D eigenvalue weighted by Crippen LogP contribution is 2.31. The van der Waals surface area contributed by atoms with Crippen LogP contribution in [0.3, 0.4) is 0 Å². The normalized spacial score (nSPS) is 23.4. The minimum atomic E-state index is -0.456. The molecule has 0 unspecified atom stereocenters. The Kier molecular flexibility index (Phi) is 5.81. The van der Waals surface area contributed by atoms with E-state index in [4.69, 9.17) is 0 Å². The molecular formula is C22H33N3O2. The summed E-state index contributed by atoms with van der Waals surface area (Å²) < 4.78 is 0. The van der Waals surface area contributed by atoms with Gasteiger partial charge in [0.1, 0.15) is 0 Å². The third-order valence-electron chi connectivity index (χ3n) is 6.69. The zero-order valence-corrected chi connectivity index (χ0v) is 16.6. The van der Waals surface area contributed by atoms with E-state index < -0.39 is 6.10 Å². The summed E-state index contributed by atoms with van der Waals surface area (Å²) in [6.45, 7) is 7.45. The summed E-state index contributed by atoms with van der Waals surface area (Å²) in [6, 6.07) is 6.89. The lowest BCUT2D eigenvalue weighted by atomic mass is 9.94. The van der Waals surface area contributed by atoms with Gasteiger partial charge in [0.05, 0.1) is 6.10 Å². The number of rotatable bonds is 4. The van der Waals surface area contributed by atoms with Gasteiger partial charge in [-0.05, 0) is 36.5 Å². The molecule has 0 bridgehead atoms. The number of fused-ring (bicyclic) bond motifs is 1. The first-order valence-corrected chi connectivity index (χ1v) is 10.7. The maximum absolute atomic E-state index is 11.7. The predicted octanol–water partition coefficient (Wildman–Crippen LogP) is 2.58. The molecular weight excluding hydrogens is 338 g/mol. The fraction of sp³-hybridized carbons (Fsp3) is 0.682. The van der Waals surface area contributed by atoms with E-state index in [0.717, 1.165) is 56.4 Å². The number of hydrogen-bond acceptors (Lipinski definition) is 4. The van der Waals surface area contributed by atoms with E-state index in [9.17, 15) is 9.90 Å². The second kappa shape index (κ2) is 8.29. The highest BCUT2D eigenvalue weighted by Gasteiger charge is 2.27. The van der Waals surface area contributed by atoms with Crippen molar-refractivity contribution in [2.45, 2.75) is 57.6 Å². The summed E-state index contributed by atoms with van der Waals surface area (Å²) in [5.74, 6) is 0.0953. The number of carbonyl (C=O) groups is 1. The van der Waals surface area contributed by atoms with Crippen molar-refractivity contribution in [1.82, 2.24) is 9.80 Å². The number of aliphatic hydroxyl groups is 1. The molecule has 2 aliphatic heterocycles. The van der Waals surface area contributed by atoms with Gasteiger partial charge >= 0.3 is 0 Å². The van der Waals surface area contributed by atoms with Crippen LogP contribution in [0, 0.1) is 0 Å². The fourth-order valence-electron chi connectivity index (χ4n) is 5.06. The Morgan fingerprint density at radius 1 is 1.11 bits per heavy atom. The molecule has 2 fully saturated rings. The number of aliphatic hydroxyl groups excluding tert-OH is 1. The number of piperazine rings is 1. The largest absolute Gasteiger partial charge is 0.387 e. The van der Waals surface area contributed by atoms with Crippen molar-refractivity contribution >= 4 is 11.6 Å². The maximum Gasteiger partial charge on any atom is 0.223 e. The Morgan fingerprint density at radius 3 is 2.56 bits per heavy atom. The van der Waals surface area contributed by atoms with Crippen LogP contribution in [0.15, 0.2) is 18.2 Å². The van der Waals surface area contributed by atoms with Crippen LogP contribution in [0.5, 0.6) is 0 Å². The lowest BCUT2D eigenvalue weighted by Crippen LogP contribution is -2.51. The van der Waals surface area contributed by atoms with Gasteiger partial charge in [-0.3, -0.25) is 14.6 Å². The zero-order valence-electron chi connectivity index (χ0n) is 16.6. The highest BCUT2D eigenvalue weighted by molar-refractivity contribution is 5.93. The molecule has 1 atom stereocenters. The van der Waals surface area contributed by atoms with E-state index in [0.29, 0.717) is 6.54 Å². The number of hydrogen-bond donors (Lipinski definition) is 1. The van der Waals surface area contributed by atoms with E-state index in [2.05, 4.69) is 15.9 Å². The van der Waals surface area contributed by atoms with Crippen molar-refractivity contribution in [3.63, 3.8) is 0 Å². The Bertz CT molecular complexity index is 664. The van der Waals surface area contributed by atoms with E-state index in [1.165, 1.54) is 37.7 Å². The number of benzene rings is 1. The highest BCUT2D eigenvalue weighted by atomic mass is 16.3. The fourth-order valence-corrected chi connectivity index (χ4v) is 5.06. The molecule has 1 aromatic rings. The number of amides is 1. The maximum atomic E-state index is 11.7. The van der Waals surface area contributed by atoms with Crippen molar-refractivity contribution in [3.8, 4) is 0 Å². The van der Waals surface area contributed by atoms with Crippen LogP contribution in [-0.2, 0) is 11.2 Å². The molecule has 148 valence electrons. The van der Waals surface area contributed by atoms with Crippen molar-refractivity contribution < 1.29 is 9.90 Å². The van der Waals surface area contributed by atoms with Gasteiger partial charge in [-0.2, -0.15) is 0 Å². The quantitative estimate of drug-likeness (QED) is 0.884. The molecule has 1 amide bonds. The van der Waals surface area contributed by atoms with E-state index in [1.54, 1.807) is 6.92 Å². The molecule has 1 aromatic carbocycles. The van der Waals surface area contributed by atoms with Crippen LogP contribution in [0.25, 0.3) is 0 Å². The van der Waals surface area contributed by atoms with Gasteiger partial charge in [-0.25, -0.2) is 0 Å². The molecule has 1 N–H and O–H groups in total. The van der Waals surface area contributed by atoms with Gasteiger partial charge < -0.3 is 10.0 Å². The van der Waals surface area contributed by atoms with Crippen LogP contribution in [0.2, 0.25) is 0 Å². The molecule has 27 heavy (non-hydrogen) atoms. The summed E-state index contributed by atoms with van der Waals surface area (Å²) >= 11 is 0. The number of nitrogens with zero attached hydrogens (tertiary/aromatic N) is 3. The smallest absolute Gasteiger partial charge is 0.223 e. The Balaban J connectivity index is 1.31. The molecule has 2 heterocycles. The SMILES string of the molecule is CC(=O)N1CCc2cc([C@@H](O)CN3CCN(C4CCCCC4)CC3)ccc21. The predicted molar refractivity (Wildman–Crippen MR) is 108 cm³/mol. The third kappa shape index (κ3) is 4.20. The Hall–Kier alpha value is -1.43. The lowest BCUT2D eigenvalue weighted by molar-refractivity contribution is -0.116. The lowest BCUT2D eigenvalue weighted by Gasteiger charge is -2.41. The van der Waals surface area contributed by atoms with Crippen molar-refractivity contribution in [2.24, 2.45) is 0 Å². The number of anilines is 1. The van der Waals surface area contributed by atoms with E-state index in [1.807, 2.05) is 17.0 Å². The molecule has 1 saturated heterocycles. The van der Waals surface area contributed by atoms with Gasteiger partial charge in [0.25, 0.3) is 0 Å². The topological polar surface area (TPSA) is 47.0 Å². The average Bonchev–Trinajstić information content (AvgIpc) is 3.13. The number of carbonyl (C=O) groups excluding carboxylic acids is 1. The molecule has 5 heteroatoms. The summed E-state index contributed by atoms with van der Waals surface area (Å²) in [6.07, 6.45) is 7.36. The second-order valence-corrected chi connectivity index (χ2v) is 8.45. The summed E-state index contributed by atoms with van der Waals surface area (Å²) in [7, 11) is 0. The second-order valence-electron chi connectivity index (χ2n) is 8.45. The first-order chi connectivity index (χ1) is 13.1. The van der Waals surface area contributed by atoms with Crippen molar-refractivity contribution in [1.29, 1.82) is 0 Å². The first kappa shape index (κ1) is 18.9. The minimum absolute atomic E-state index is 0.0953. The Morgan fingerprint density at radius 2 is 1.85 bits per heavy atom. The summed E-state index contributed by atoms with van der Waals surface area (Å²) in [4.78, 5) is 18.6. The van der Waals surface area contributed by atoms with Gasteiger partial charge in [0.15, 0.2) is 0 Å². The summed E-state index contributed by atoms with van der Waals surface area (Å²) in [5, 5.41) is 10.8. The standard InChI is InChI=1S/C22H33N3O2/c1-17(26)25-10-9-18-15-19(7-8-21(18)25)22(27)16-23-11-13-24(14-12-23)20-5-3-2-4-6-20/h7-8,15,20,22,27H,2-6,9-14,16H2,1H3/t22-/m0/s1. The Labute approximate surface area is 162 Å².